The summed E-state index contributed by atoms with van der Waals surface area (Å²) in [4.78, 5) is 0. The van der Waals surface area contributed by atoms with Gasteiger partial charge >= 0.3 is 0 Å². The number of hydrogen-bond acceptors (Lipinski definition) is 2. The highest BCUT2D eigenvalue weighted by molar-refractivity contribution is 7.89. The van der Waals surface area contributed by atoms with E-state index in [1.165, 1.54) is 128 Å². The van der Waals surface area contributed by atoms with Crippen LogP contribution in [0.1, 0.15) is 168 Å². The average molecular weight is 474 g/mol. The second-order valence-electron chi connectivity index (χ2n) is 9.99. The van der Waals surface area contributed by atoms with Gasteiger partial charge in [-0.05, 0) is 12.8 Å². The van der Waals surface area contributed by atoms with E-state index in [1.807, 2.05) is 0 Å². The molecule has 194 valence electrons. The minimum absolute atomic E-state index is 0.307. The summed E-state index contributed by atoms with van der Waals surface area (Å²) >= 11 is 0. The van der Waals surface area contributed by atoms with Crippen molar-refractivity contribution in [3.05, 3.63) is 0 Å². The van der Waals surface area contributed by atoms with Crippen molar-refractivity contribution in [1.82, 2.24) is 4.72 Å². The number of sulfonamides is 1. The molecule has 0 amide bonds. The molecule has 3 nitrogen and oxygen atoms in total. The van der Waals surface area contributed by atoms with Crippen LogP contribution in [0.5, 0.6) is 0 Å². The topological polar surface area (TPSA) is 46.2 Å². The molecule has 0 bridgehead atoms. The molecule has 0 aromatic heterocycles. The minimum Gasteiger partial charge on any atom is -0.215 e. The summed E-state index contributed by atoms with van der Waals surface area (Å²) in [6.07, 6.45) is 31.2. The highest BCUT2D eigenvalue weighted by Crippen LogP contribution is 2.14. The van der Waals surface area contributed by atoms with Crippen LogP contribution in [0.15, 0.2) is 0 Å². The molecule has 0 spiro atoms. The number of nitrogens with one attached hydrogen (secondary N) is 1. The highest BCUT2D eigenvalue weighted by atomic mass is 32.2. The Kier molecular flexibility index (Phi) is 25.5. The normalized spacial score (nSPS) is 11.9. The van der Waals surface area contributed by atoms with Crippen molar-refractivity contribution >= 4 is 10.0 Å². The predicted octanol–water partition coefficient (Wildman–Crippen LogP) is 9.31. The molecule has 0 aromatic rings. The van der Waals surface area contributed by atoms with Gasteiger partial charge in [0.1, 0.15) is 0 Å². The Hall–Kier alpha value is -0.0900. The van der Waals surface area contributed by atoms with Gasteiger partial charge in [-0.3, -0.25) is 0 Å². The first-order valence-electron chi connectivity index (χ1n) is 14.6. The lowest BCUT2D eigenvalue weighted by Gasteiger charge is -2.07. The molecule has 0 saturated carbocycles. The van der Waals surface area contributed by atoms with E-state index in [9.17, 15) is 8.42 Å². The fourth-order valence-corrected chi connectivity index (χ4v) is 5.58. The summed E-state index contributed by atoms with van der Waals surface area (Å²) in [6, 6.07) is 0. The van der Waals surface area contributed by atoms with Gasteiger partial charge in [-0.15, -0.1) is 0 Å². The van der Waals surface area contributed by atoms with Crippen LogP contribution in [0.2, 0.25) is 0 Å². The zero-order chi connectivity index (χ0) is 23.6. The molecule has 0 aliphatic heterocycles. The van der Waals surface area contributed by atoms with Gasteiger partial charge in [0.25, 0.3) is 0 Å². The SMILES string of the molecule is CCCCCCCCCCCCCCCCCCCCS(=O)(=O)NCCCCCCCC. The third-order valence-corrected chi connectivity index (χ3v) is 8.09. The van der Waals surface area contributed by atoms with Gasteiger partial charge in [0.15, 0.2) is 0 Å². The van der Waals surface area contributed by atoms with Crippen molar-refractivity contribution in [3.63, 3.8) is 0 Å². The maximum Gasteiger partial charge on any atom is 0.211 e. The van der Waals surface area contributed by atoms with Crippen molar-refractivity contribution in [3.8, 4) is 0 Å². The molecule has 0 saturated heterocycles. The van der Waals surface area contributed by atoms with Gasteiger partial charge < -0.3 is 0 Å². The second kappa shape index (κ2) is 25.5. The van der Waals surface area contributed by atoms with E-state index in [0.717, 1.165) is 25.7 Å². The molecule has 0 unspecified atom stereocenters. The molecule has 0 aliphatic rings. The Morgan fingerprint density at radius 2 is 0.688 bits per heavy atom. The van der Waals surface area contributed by atoms with Crippen molar-refractivity contribution in [2.45, 2.75) is 168 Å². The van der Waals surface area contributed by atoms with Crippen LogP contribution in [0.4, 0.5) is 0 Å². The molecule has 0 radical (unpaired) electrons. The summed E-state index contributed by atoms with van der Waals surface area (Å²) < 4.78 is 26.8. The van der Waals surface area contributed by atoms with Crippen LogP contribution in [-0.2, 0) is 10.0 Å². The molecule has 4 heteroatoms. The van der Waals surface area contributed by atoms with Gasteiger partial charge in [0, 0.05) is 6.54 Å². The Labute approximate surface area is 203 Å². The lowest BCUT2D eigenvalue weighted by molar-refractivity contribution is 0.525. The first kappa shape index (κ1) is 31.9. The van der Waals surface area contributed by atoms with Crippen LogP contribution >= 0.6 is 0 Å². The lowest BCUT2D eigenvalue weighted by Crippen LogP contribution is -2.27. The van der Waals surface area contributed by atoms with Crippen molar-refractivity contribution in [2.75, 3.05) is 12.3 Å². The van der Waals surface area contributed by atoms with Crippen LogP contribution in [0.3, 0.4) is 0 Å². The molecule has 32 heavy (non-hydrogen) atoms. The quantitative estimate of drug-likeness (QED) is 0.121. The average Bonchev–Trinajstić information content (AvgIpc) is 2.77. The molecule has 0 aliphatic carbocycles. The molecular weight excluding hydrogens is 414 g/mol. The van der Waals surface area contributed by atoms with Gasteiger partial charge in [-0.2, -0.15) is 0 Å². The van der Waals surface area contributed by atoms with E-state index >= 15 is 0 Å². The monoisotopic (exact) mass is 473 g/mol. The Balaban J connectivity index is 3.24. The molecule has 0 atom stereocenters. The van der Waals surface area contributed by atoms with Gasteiger partial charge in [-0.25, -0.2) is 13.1 Å². The fourth-order valence-electron chi connectivity index (χ4n) is 4.40. The van der Waals surface area contributed by atoms with Crippen molar-refractivity contribution in [1.29, 1.82) is 0 Å². The highest BCUT2D eigenvalue weighted by Gasteiger charge is 2.08. The van der Waals surface area contributed by atoms with Crippen molar-refractivity contribution in [2.24, 2.45) is 0 Å². The summed E-state index contributed by atoms with van der Waals surface area (Å²) in [7, 11) is -3.05. The smallest absolute Gasteiger partial charge is 0.211 e. The molecule has 0 rings (SSSR count). The Bertz CT molecular complexity index is 450. The summed E-state index contributed by atoms with van der Waals surface area (Å²) in [6.45, 7) is 5.12. The van der Waals surface area contributed by atoms with Crippen LogP contribution < -0.4 is 4.72 Å². The zero-order valence-corrected chi connectivity index (χ0v) is 22.9. The zero-order valence-electron chi connectivity index (χ0n) is 22.1. The summed E-state index contributed by atoms with van der Waals surface area (Å²) in [5.41, 5.74) is 0. The maximum absolute atomic E-state index is 12.0. The van der Waals surface area contributed by atoms with Gasteiger partial charge in [0.2, 0.25) is 10.0 Å². The van der Waals surface area contributed by atoms with Crippen LogP contribution in [0.25, 0.3) is 0 Å². The molecular formula is C28H59NO2S. The minimum atomic E-state index is -3.05. The Morgan fingerprint density at radius 3 is 1.03 bits per heavy atom. The lowest BCUT2D eigenvalue weighted by atomic mass is 10.0. The first-order chi connectivity index (χ1) is 15.6. The second-order valence-corrected chi connectivity index (χ2v) is 11.9. The maximum atomic E-state index is 12.0. The Morgan fingerprint density at radius 1 is 0.406 bits per heavy atom. The molecule has 0 aromatic carbocycles. The first-order valence-corrected chi connectivity index (χ1v) is 16.2. The number of unbranched alkanes of at least 4 members (excludes halogenated alkanes) is 22. The fraction of sp³-hybridized carbons (Fsp3) is 1.00. The molecule has 0 fully saturated rings. The van der Waals surface area contributed by atoms with E-state index < -0.39 is 10.0 Å². The van der Waals surface area contributed by atoms with Crippen LogP contribution in [0, 0.1) is 0 Å². The van der Waals surface area contributed by atoms with Gasteiger partial charge in [0.05, 0.1) is 5.75 Å². The summed E-state index contributed by atoms with van der Waals surface area (Å²) in [5, 5.41) is 0. The number of rotatable bonds is 27. The predicted molar refractivity (Wildman–Crippen MR) is 144 cm³/mol. The van der Waals surface area contributed by atoms with E-state index in [0.29, 0.717) is 12.3 Å². The third-order valence-electron chi connectivity index (χ3n) is 6.62. The van der Waals surface area contributed by atoms with Gasteiger partial charge in [-0.1, -0.05) is 155 Å². The van der Waals surface area contributed by atoms with E-state index in [2.05, 4.69) is 18.6 Å². The van der Waals surface area contributed by atoms with Crippen LogP contribution in [-0.4, -0.2) is 20.7 Å². The molecule has 1 N–H and O–H groups in total. The summed E-state index contributed by atoms with van der Waals surface area (Å²) in [5.74, 6) is 0.307. The van der Waals surface area contributed by atoms with Crippen molar-refractivity contribution < 1.29 is 8.42 Å². The standard InChI is InChI=1S/C28H59NO2S/c1-3-5-7-9-11-12-13-14-15-16-17-18-19-20-21-22-24-26-28-32(30,31)29-27-25-23-10-8-6-4-2/h29H,3-28H2,1-2H3. The van der Waals surface area contributed by atoms with E-state index in [-0.39, 0.29) is 0 Å². The largest absolute Gasteiger partial charge is 0.215 e. The molecule has 0 heterocycles. The van der Waals surface area contributed by atoms with E-state index in [4.69, 9.17) is 0 Å². The van der Waals surface area contributed by atoms with E-state index in [1.54, 1.807) is 0 Å². The third kappa shape index (κ3) is 26.2. The number of hydrogen-bond donors (Lipinski definition) is 1.